The fraction of sp³-hybridized carbons (Fsp3) is 0.364. The summed E-state index contributed by atoms with van der Waals surface area (Å²) in [6, 6.07) is 2.36. The minimum absolute atomic E-state index is 0.132. The van der Waals surface area contributed by atoms with Crippen LogP contribution in [0.4, 0.5) is 5.82 Å². The molecule has 88 valence electrons. The topological polar surface area (TPSA) is 79.5 Å². The SMILES string of the molecule is Cc1cc(NC2CC2)n2ncc(C(=O)O)c2n1. The van der Waals surface area contributed by atoms with Crippen LogP contribution in [0.3, 0.4) is 0 Å². The van der Waals surface area contributed by atoms with Crippen molar-refractivity contribution in [3.05, 3.63) is 23.5 Å². The van der Waals surface area contributed by atoms with Crippen LogP contribution in [0, 0.1) is 6.92 Å². The third-order valence-corrected chi connectivity index (χ3v) is 2.76. The maximum absolute atomic E-state index is 11.0. The van der Waals surface area contributed by atoms with Gasteiger partial charge in [0.15, 0.2) is 5.65 Å². The Morgan fingerprint density at radius 3 is 3.00 bits per heavy atom. The largest absolute Gasteiger partial charge is 0.477 e. The van der Waals surface area contributed by atoms with Crippen molar-refractivity contribution in [3.63, 3.8) is 0 Å². The monoisotopic (exact) mass is 232 g/mol. The Bertz CT molecular complexity index is 601. The van der Waals surface area contributed by atoms with Crippen LogP contribution >= 0.6 is 0 Å². The van der Waals surface area contributed by atoms with E-state index >= 15 is 0 Å². The van der Waals surface area contributed by atoms with Crippen LogP contribution in [0.2, 0.25) is 0 Å². The summed E-state index contributed by atoms with van der Waals surface area (Å²) in [4.78, 5) is 15.2. The first-order valence-corrected chi connectivity index (χ1v) is 5.50. The first kappa shape index (κ1) is 10.1. The van der Waals surface area contributed by atoms with E-state index in [1.54, 1.807) is 4.52 Å². The molecule has 2 aromatic heterocycles. The van der Waals surface area contributed by atoms with E-state index in [2.05, 4.69) is 15.4 Å². The quantitative estimate of drug-likeness (QED) is 0.834. The Hall–Kier alpha value is -2.11. The van der Waals surface area contributed by atoms with Crippen LogP contribution in [0.5, 0.6) is 0 Å². The lowest BCUT2D eigenvalue weighted by Gasteiger charge is -2.07. The first-order chi connectivity index (χ1) is 8.15. The fourth-order valence-electron chi connectivity index (χ4n) is 1.77. The van der Waals surface area contributed by atoms with Gasteiger partial charge in [-0.1, -0.05) is 0 Å². The summed E-state index contributed by atoms with van der Waals surface area (Å²) < 4.78 is 1.55. The van der Waals surface area contributed by atoms with Crippen molar-refractivity contribution < 1.29 is 9.90 Å². The van der Waals surface area contributed by atoms with Gasteiger partial charge in [-0.2, -0.15) is 9.61 Å². The number of carbonyl (C=O) groups is 1. The van der Waals surface area contributed by atoms with Crippen molar-refractivity contribution in [1.82, 2.24) is 14.6 Å². The first-order valence-electron chi connectivity index (χ1n) is 5.50. The molecule has 17 heavy (non-hydrogen) atoms. The second-order valence-electron chi connectivity index (χ2n) is 4.30. The molecular weight excluding hydrogens is 220 g/mol. The predicted molar refractivity (Wildman–Crippen MR) is 61.3 cm³/mol. The molecule has 0 aliphatic heterocycles. The van der Waals surface area contributed by atoms with Crippen LogP contribution in [0.25, 0.3) is 5.65 Å². The van der Waals surface area contributed by atoms with Gasteiger partial charge in [0, 0.05) is 17.8 Å². The molecular formula is C11H12N4O2. The van der Waals surface area contributed by atoms with Crippen molar-refractivity contribution in [2.75, 3.05) is 5.32 Å². The Balaban J connectivity index is 2.17. The molecule has 1 aliphatic rings. The normalized spacial score (nSPS) is 15.1. The molecule has 0 amide bonds. The molecule has 2 N–H and O–H groups in total. The summed E-state index contributed by atoms with van der Waals surface area (Å²) in [7, 11) is 0. The van der Waals surface area contributed by atoms with Crippen LogP contribution in [0.15, 0.2) is 12.3 Å². The fourth-order valence-corrected chi connectivity index (χ4v) is 1.77. The van der Waals surface area contributed by atoms with Crippen molar-refractivity contribution in [2.45, 2.75) is 25.8 Å². The van der Waals surface area contributed by atoms with Crippen molar-refractivity contribution in [3.8, 4) is 0 Å². The average Bonchev–Trinajstić information content (AvgIpc) is 2.94. The molecule has 0 bridgehead atoms. The van der Waals surface area contributed by atoms with Gasteiger partial charge >= 0.3 is 5.97 Å². The number of anilines is 1. The second kappa shape index (κ2) is 3.44. The van der Waals surface area contributed by atoms with Gasteiger partial charge in [-0.15, -0.1) is 0 Å². The highest BCUT2D eigenvalue weighted by Gasteiger charge is 2.23. The number of carboxylic acids is 1. The van der Waals surface area contributed by atoms with Crippen LogP contribution in [0.1, 0.15) is 28.9 Å². The Morgan fingerprint density at radius 1 is 1.59 bits per heavy atom. The van der Waals surface area contributed by atoms with Crippen LogP contribution < -0.4 is 5.32 Å². The molecule has 0 saturated heterocycles. The lowest BCUT2D eigenvalue weighted by atomic mass is 10.3. The van der Waals surface area contributed by atoms with E-state index in [0.29, 0.717) is 11.7 Å². The lowest BCUT2D eigenvalue weighted by Crippen LogP contribution is -2.09. The Morgan fingerprint density at radius 2 is 2.35 bits per heavy atom. The number of aromatic nitrogens is 3. The molecule has 2 aromatic rings. The lowest BCUT2D eigenvalue weighted by molar-refractivity contribution is 0.0699. The van der Waals surface area contributed by atoms with Crippen molar-refractivity contribution in [1.29, 1.82) is 0 Å². The summed E-state index contributed by atoms with van der Waals surface area (Å²) in [6.45, 7) is 1.84. The van der Waals surface area contributed by atoms with Gasteiger partial charge in [-0.3, -0.25) is 0 Å². The summed E-state index contributed by atoms with van der Waals surface area (Å²) in [5.74, 6) is -0.196. The number of rotatable bonds is 3. The van der Waals surface area contributed by atoms with E-state index in [4.69, 9.17) is 5.11 Å². The van der Waals surface area contributed by atoms with Gasteiger partial charge in [-0.05, 0) is 19.8 Å². The van der Waals surface area contributed by atoms with Gasteiger partial charge in [0.2, 0.25) is 0 Å². The highest BCUT2D eigenvalue weighted by atomic mass is 16.4. The number of aryl methyl sites for hydroxylation is 1. The van der Waals surface area contributed by atoms with Gasteiger partial charge in [0.1, 0.15) is 11.4 Å². The summed E-state index contributed by atoms with van der Waals surface area (Å²) in [6.07, 6.45) is 3.63. The van der Waals surface area contributed by atoms with Crippen molar-refractivity contribution in [2.24, 2.45) is 0 Å². The minimum Gasteiger partial charge on any atom is -0.477 e. The van der Waals surface area contributed by atoms with Crippen LogP contribution in [-0.2, 0) is 0 Å². The van der Waals surface area contributed by atoms with E-state index in [-0.39, 0.29) is 5.56 Å². The molecule has 0 spiro atoms. The summed E-state index contributed by atoms with van der Waals surface area (Å²) in [5, 5.41) is 16.4. The van der Waals surface area contributed by atoms with E-state index in [9.17, 15) is 4.79 Å². The predicted octanol–water partition coefficient (Wildman–Crippen LogP) is 1.31. The van der Waals surface area contributed by atoms with E-state index in [1.807, 2.05) is 13.0 Å². The highest BCUT2D eigenvalue weighted by Crippen LogP contribution is 2.25. The molecule has 6 heteroatoms. The van der Waals surface area contributed by atoms with Gasteiger partial charge in [0.05, 0.1) is 6.20 Å². The van der Waals surface area contributed by atoms with E-state index in [0.717, 1.165) is 24.4 Å². The second-order valence-corrected chi connectivity index (χ2v) is 4.30. The number of hydrogen-bond donors (Lipinski definition) is 2. The van der Waals surface area contributed by atoms with Gasteiger partial charge in [0.25, 0.3) is 0 Å². The summed E-state index contributed by atoms with van der Waals surface area (Å²) in [5.41, 5.74) is 1.30. The number of nitrogens with one attached hydrogen (secondary N) is 1. The number of fused-ring (bicyclic) bond motifs is 1. The average molecular weight is 232 g/mol. The zero-order valence-electron chi connectivity index (χ0n) is 9.34. The standard InChI is InChI=1S/C11H12N4O2/c1-6-4-9(14-7-2-3-7)15-10(13-6)8(5-12-15)11(16)17/h4-5,7,14H,2-3H2,1H3,(H,16,17). The molecule has 0 atom stereocenters. The maximum Gasteiger partial charge on any atom is 0.341 e. The number of hydrogen-bond acceptors (Lipinski definition) is 4. The summed E-state index contributed by atoms with van der Waals surface area (Å²) >= 11 is 0. The molecule has 6 nitrogen and oxygen atoms in total. The van der Waals surface area contributed by atoms with Crippen molar-refractivity contribution >= 4 is 17.4 Å². The third kappa shape index (κ3) is 1.71. The molecule has 1 saturated carbocycles. The smallest absolute Gasteiger partial charge is 0.341 e. The zero-order chi connectivity index (χ0) is 12.0. The molecule has 3 rings (SSSR count). The molecule has 1 aliphatic carbocycles. The molecule has 0 unspecified atom stereocenters. The molecule has 2 heterocycles. The molecule has 0 aromatic carbocycles. The van der Waals surface area contributed by atoms with Crippen LogP contribution in [-0.4, -0.2) is 31.7 Å². The van der Waals surface area contributed by atoms with Gasteiger partial charge in [-0.25, -0.2) is 9.78 Å². The number of carboxylic acid groups (broad SMARTS) is 1. The van der Waals surface area contributed by atoms with E-state index in [1.165, 1.54) is 6.20 Å². The number of aromatic carboxylic acids is 1. The minimum atomic E-state index is -1.00. The zero-order valence-corrected chi connectivity index (χ0v) is 9.34. The molecule has 0 radical (unpaired) electrons. The Labute approximate surface area is 97.3 Å². The number of nitrogens with zero attached hydrogens (tertiary/aromatic N) is 3. The maximum atomic E-state index is 11.0. The molecule has 1 fully saturated rings. The van der Waals surface area contributed by atoms with Gasteiger partial charge < -0.3 is 10.4 Å². The highest BCUT2D eigenvalue weighted by molar-refractivity contribution is 5.94. The third-order valence-electron chi connectivity index (χ3n) is 2.76. The van der Waals surface area contributed by atoms with E-state index < -0.39 is 5.97 Å². The Kier molecular flexibility index (Phi) is 2.04.